The second-order valence-electron chi connectivity index (χ2n) is 2.58. The van der Waals surface area contributed by atoms with Gasteiger partial charge in [-0.15, -0.1) is 0 Å². The molecule has 2 rings (SSSR count). The van der Waals surface area contributed by atoms with E-state index in [1.807, 2.05) is 24.3 Å². The van der Waals surface area contributed by atoms with E-state index in [0.29, 0.717) is 0 Å². The van der Waals surface area contributed by atoms with Gasteiger partial charge in [0.2, 0.25) is 0 Å². The summed E-state index contributed by atoms with van der Waals surface area (Å²) < 4.78 is 0. The minimum absolute atomic E-state index is 0.771. The van der Waals surface area contributed by atoms with Gasteiger partial charge in [0.05, 0.1) is 11.4 Å². The lowest BCUT2D eigenvalue weighted by atomic mass is 10.1. The lowest BCUT2D eigenvalue weighted by Crippen LogP contribution is -1.75. The predicted octanol–water partition coefficient (Wildman–Crippen LogP) is 2.97. The molecule has 2 aromatic rings. The first-order valence-electron chi connectivity index (χ1n) is 3.82. The van der Waals surface area contributed by atoms with E-state index in [1.54, 1.807) is 12.4 Å². The molecule has 0 saturated heterocycles. The average molecular weight is 186 g/mol. The minimum Gasteiger partial charge on any atom is -0.262 e. The summed E-state index contributed by atoms with van der Waals surface area (Å²) in [6, 6.07) is 7.91. The second kappa shape index (κ2) is 3.44. The van der Waals surface area contributed by atoms with Gasteiger partial charge in [0.25, 0.3) is 0 Å². The van der Waals surface area contributed by atoms with Gasteiger partial charge >= 0.3 is 0 Å². The second-order valence-corrected chi connectivity index (χ2v) is 2.77. The Morgan fingerprint density at radius 2 is 2.08 bits per heavy atom. The van der Waals surface area contributed by atoms with Crippen LogP contribution in [0.25, 0.3) is 10.8 Å². The monoisotopic (exact) mass is 186 g/mol. The molecule has 0 amide bonds. The molecule has 1 aromatic carbocycles. The highest BCUT2D eigenvalue weighted by Gasteiger charge is 1.97. The fourth-order valence-corrected chi connectivity index (χ4v) is 1.34. The molecule has 0 atom stereocenters. The van der Waals surface area contributed by atoms with Crippen LogP contribution < -0.4 is 0 Å². The number of aromatic nitrogens is 1. The van der Waals surface area contributed by atoms with Crippen LogP contribution in [0.2, 0.25) is 0 Å². The topological polar surface area (TPSA) is 25.2 Å². The van der Waals surface area contributed by atoms with E-state index in [-0.39, 0.29) is 0 Å². The van der Waals surface area contributed by atoms with E-state index in [1.165, 1.54) is 0 Å². The van der Waals surface area contributed by atoms with Crippen LogP contribution in [-0.2, 0) is 0 Å². The molecular weight excluding hydrogens is 180 g/mol. The van der Waals surface area contributed by atoms with Crippen molar-refractivity contribution in [2.45, 2.75) is 0 Å². The standard InChI is InChI=1S/C10H6N2S/c13-7-12-10-6-11-5-8-3-1-2-4-9(8)10/h1-6H. The maximum Gasteiger partial charge on any atom is 0.100 e. The zero-order valence-electron chi connectivity index (χ0n) is 6.77. The van der Waals surface area contributed by atoms with Crippen molar-refractivity contribution in [1.82, 2.24) is 4.98 Å². The van der Waals surface area contributed by atoms with Gasteiger partial charge in [0.1, 0.15) is 5.69 Å². The number of benzene rings is 1. The Labute approximate surface area is 81.0 Å². The Kier molecular flexibility index (Phi) is 2.13. The fourth-order valence-electron chi connectivity index (χ4n) is 1.24. The van der Waals surface area contributed by atoms with Crippen LogP contribution in [0.4, 0.5) is 5.69 Å². The summed E-state index contributed by atoms with van der Waals surface area (Å²) in [7, 11) is 0. The molecule has 0 aliphatic heterocycles. The molecule has 0 unspecified atom stereocenters. The molecule has 0 saturated carbocycles. The van der Waals surface area contributed by atoms with Crippen molar-refractivity contribution in [2.24, 2.45) is 4.99 Å². The summed E-state index contributed by atoms with van der Waals surface area (Å²) >= 11 is 4.55. The van der Waals surface area contributed by atoms with Crippen LogP contribution in [0.1, 0.15) is 0 Å². The van der Waals surface area contributed by atoms with Crippen LogP contribution >= 0.6 is 12.2 Å². The molecule has 0 fully saturated rings. The van der Waals surface area contributed by atoms with E-state index in [2.05, 4.69) is 27.4 Å². The fraction of sp³-hybridized carbons (Fsp3) is 0. The first-order chi connectivity index (χ1) is 6.42. The average Bonchev–Trinajstić information content (AvgIpc) is 2.19. The van der Waals surface area contributed by atoms with Gasteiger partial charge in [-0.2, -0.15) is 4.99 Å². The highest BCUT2D eigenvalue weighted by atomic mass is 32.1. The number of hydrogen-bond acceptors (Lipinski definition) is 3. The molecule has 0 N–H and O–H groups in total. The third kappa shape index (κ3) is 1.47. The minimum atomic E-state index is 0.771. The number of thiocarbonyl (C=S) groups is 1. The van der Waals surface area contributed by atoms with Crippen LogP contribution in [0.3, 0.4) is 0 Å². The zero-order valence-corrected chi connectivity index (χ0v) is 7.58. The summed E-state index contributed by atoms with van der Waals surface area (Å²) in [5.74, 6) is 0. The molecule has 62 valence electrons. The zero-order chi connectivity index (χ0) is 9.10. The van der Waals surface area contributed by atoms with Gasteiger partial charge in [-0.25, -0.2) is 0 Å². The number of pyridine rings is 1. The Balaban J connectivity index is 2.82. The molecular formula is C10H6N2S. The Morgan fingerprint density at radius 3 is 2.92 bits per heavy atom. The summed E-state index contributed by atoms with van der Waals surface area (Å²) in [5, 5.41) is 4.46. The molecule has 1 heterocycles. The van der Waals surface area contributed by atoms with Gasteiger partial charge in [0.15, 0.2) is 0 Å². The first-order valence-corrected chi connectivity index (χ1v) is 4.23. The van der Waals surface area contributed by atoms with Crippen molar-refractivity contribution in [3.63, 3.8) is 0 Å². The van der Waals surface area contributed by atoms with Crippen LogP contribution in [0, 0.1) is 0 Å². The van der Waals surface area contributed by atoms with Crippen molar-refractivity contribution in [3.8, 4) is 0 Å². The maximum atomic E-state index is 4.55. The van der Waals surface area contributed by atoms with Crippen LogP contribution in [0.15, 0.2) is 41.7 Å². The number of fused-ring (bicyclic) bond motifs is 1. The van der Waals surface area contributed by atoms with Gasteiger partial charge in [-0.1, -0.05) is 24.3 Å². The van der Waals surface area contributed by atoms with Gasteiger partial charge in [-0.3, -0.25) is 4.98 Å². The van der Waals surface area contributed by atoms with Gasteiger partial charge < -0.3 is 0 Å². The highest BCUT2D eigenvalue weighted by Crippen LogP contribution is 2.23. The summed E-state index contributed by atoms with van der Waals surface area (Å²) in [6.45, 7) is 0. The lowest BCUT2D eigenvalue weighted by molar-refractivity contribution is 1.34. The van der Waals surface area contributed by atoms with Crippen molar-refractivity contribution in [1.29, 1.82) is 0 Å². The van der Waals surface area contributed by atoms with E-state index >= 15 is 0 Å². The molecule has 13 heavy (non-hydrogen) atoms. The van der Waals surface area contributed by atoms with Crippen molar-refractivity contribution < 1.29 is 0 Å². The SMILES string of the molecule is S=C=Nc1cncc2ccccc12. The lowest BCUT2D eigenvalue weighted by Gasteiger charge is -1.97. The molecule has 0 aliphatic carbocycles. The number of aliphatic imine (C=N–C) groups is 1. The molecule has 0 radical (unpaired) electrons. The van der Waals surface area contributed by atoms with Crippen LogP contribution in [0.5, 0.6) is 0 Å². The van der Waals surface area contributed by atoms with Crippen molar-refractivity contribution >= 4 is 33.8 Å². The van der Waals surface area contributed by atoms with E-state index < -0.39 is 0 Å². The van der Waals surface area contributed by atoms with E-state index in [9.17, 15) is 0 Å². The smallest absolute Gasteiger partial charge is 0.100 e. The van der Waals surface area contributed by atoms with Gasteiger partial charge in [0, 0.05) is 17.0 Å². The quantitative estimate of drug-likeness (QED) is 0.505. The molecule has 2 nitrogen and oxygen atoms in total. The largest absolute Gasteiger partial charge is 0.262 e. The van der Waals surface area contributed by atoms with E-state index in [4.69, 9.17) is 0 Å². The Morgan fingerprint density at radius 1 is 1.23 bits per heavy atom. The summed E-state index contributed by atoms with van der Waals surface area (Å²) in [5.41, 5.74) is 0.771. The predicted molar refractivity (Wildman–Crippen MR) is 56.4 cm³/mol. The molecule has 3 heteroatoms. The maximum absolute atomic E-state index is 4.55. The Bertz CT molecular complexity index is 482. The number of nitrogens with zero attached hydrogens (tertiary/aromatic N) is 2. The van der Waals surface area contributed by atoms with Crippen molar-refractivity contribution in [3.05, 3.63) is 36.7 Å². The summed E-state index contributed by atoms with van der Waals surface area (Å²) in [6.07, 6.45) is 3.49. The number of rotatable bonds is 1. The Hall–Kier alpha value is -1.57. The van der Waals surface area contributed by atoms with Crippen LogP contribution in [-0.4, -0.2) is 10.1 Å². The molecule has 0 bridgehead atoms. The molecule has 1 aromatic heterocycles. The molecule has 0 aliphatic rings. The normalized spacial score (nSPS) is 9.54. The number of isothiocyanates is 1. The van der Waals surface area contributed by atoms with Gasteiger partial charge in [-0.05, 0) is 12.2 Å². The number of hydrogen-bond donors (Lipinski definition) is 0. The third-order valence-corrected chi connectivity index (χ3v) is 1.90. The highest BCUT2D eigenvalue weighted by molar-refractivity contribution is 7.78. The van der Waals surface area contributed by atoms with Crippen molar-refractivity contribution in [2.75, 3.05) is 0 Å². The third-order valence-electron chi connectivity index (χ3n) is 1.81. The first kappa shape index (κ1) is 8.05. The molecule has 0 spiro atoms. The van der Waals surface area contributed by atoms with E-state index in [0.717, 1.165) is 16.5 Å². The summed E-state index contributed by atoms with van der Waals surface area (Å²) in [4.78, 5) is 7.99.